The molecule has 214 valence electrons. The van der Waals surface area contributed by atoms with Gasteiger partial charge in [0.25, 0.3) is 10.0 Å². The van der Waals surface area contributed by atoms with E-state index in [-0.39, 0.29) is 40.5 Å². The fraction of sp³-hybridized carbons (Fsp3) is 0.310. The number of carbonyl (C=O) groups is 2. The van der Waals surface area contributed by atoms with Gasteiger partial charge in [-0.1, -0.05) is 67.4 Å². The largest absolute Gasteiger partial charge is 0.352 e. The molecule has 11 heteroatoms. The van der Waals surface area contributed by atoms with E-state index in [0.29, 0.717) is 17.0 Å². The fourth-order valence-corrected chi connectivity index (χ4v) is 6.08. The fourth-order valence-electron chi connectivity index (χ4n) is 4.06. The molecule has 0 heterocycles. The first-order valence-corrected chi connectivity index (χ1v) is 15.0. The van der Waals surface area contributed by atoms with Crippen molar-refractivity contribution in [2.75, 3.05) is 10.8 Å². The number of carbonyl (C=O) groups excluding carboxylic acids is 2. The average molecular weight is 609 g/mol. The van der Waals surface area contributed by atoms with Gasteiger partial charge in [-0.15, -0.1) is 0 Å². The highest BCUT2D eigenvalue weighted by Crippen LogP contribution is 2.33. The SMILES string of the molecule is CC[C@@H](C)NC(=O)[C@H](CC)N(Cc1ccc(F)cc1)C(=O)CN(c1ccc(Cl)cc1Cl)S(=O)(=O)c1ccccc1. The van der Waals surface area contributed by atoms with E-state index in [9.17, 15) is 22.4 Å². The number of anilines is 1. The summed E-state index contributed by atoms with van der Waals surface area (Å²) >= 11 is 12.5. The van der Waals surface area contributed by atoms with Crippen molar-refractivity contribution in [2.45, 2.75) is 57.1 Å². The van der Waals surface area contributed by atoms with E-state index in [1.807, 2.05) is 13.8 Å². The Bertz CT molecular complexity index is 1420. The van der Waals surface area contributed by atoms with Gasteiger partial charge in [0.05, 0.1) is 15.6 Å². The van der Waals surface area contributed by atoms with Gasteiger partial charge in [-0.3, -0.25) is 13.9 Å². The van der Waals surface area contributed by atoms with Crippen LogP contribution < -0.4 is 9.62 Å². The molecule has 0 aliphatic rings. The van der Waals surface area contributed by atoms with Crippen molar-refractivity contribution in [3.63, 3.8) is 0 Å². The number of nitrogens with one attached hydrogen (secondary N) is 1. The Morgan fingerprint density at radius 2 is 1.60 bits per heavy atom. The predicted octanol–water partition coefficient (Wildman–Crippen LogP) is 6.05. The van der Waals surface area contributed by atoms with Crippen LogP contribution in [0.15, 0.2) is 77.7 Å². The number of amides is 2. The van der Waals surface area contributed by atoms with E-state index in [2.05, 4.69) is 5.32 Å². The second-order valence-electron chi connectivity index (χ2n) is 9.31. The van der Waals surface area contributed by atoms with Crippen molar-refractivity contribution < 1.29 is 22.4 Å². The molecule has 7 nitrogen and oxygen atoms in total. The minimum absolute atomic E-state index is 0.0337. The molecule has 0 aromatic heterocycles. The summed E-state index contributed by atoms with van der Waals surface area (Å²) in [4.78, 5) is 28.6. The Hall–Kier alpha value is -3.14. The molecule has 3 rings (SSSR count). The van der Waals surface area contributed by atoms with E-state index >= 15 is 0 Å². The number of benzene rings is 3. The maximum absolute atomic E-state index is 14.0. The molecule has 1 N–H and O–H groups in total. The van der Waals surface area contributed by atoms with Gasteiger partial charge >= 0.3 is 0 Å². The molecule has 3 aromatic carbocycles. The van der Waals surface area contributed by atoms with Crippen molar-refractivity contribution in [3.05, 3.63) is 94.2 Å². The summed E-state index contributed by atoms with van der Waals surface area (Å²) in [6, 6.07) is 16.5. The van der Waals surface area contributed by atoms with Crippen molar-refractivity contribution in [1.82, 2.24) is 10.2 Å². The number of hydrogen-bond donors (Lipinski definition) is 1. The zero-order valence-electron chi connectivity index (χ0n) is 22.5. The van der Waals surface area contributed by atoms with Crippen LogP contribution in [0.5, 0.6) is 0 Å². The second kappa shape index (κ2) is 14.0. The standard InChI is InChI=1S/C29H32Cl2FN3O4S/c1-4-20(3)33-29(37)26(5-2)34(18-21-11-14-23(32)15-12-21)28(36)19-35(27-16-13-22(30)17-25(27)31)40(38,39)24-9-7-6-8-10-24/h6-17,20,26H,4-5,18-19H2,1-3H3,(H,33,37)/t20-,26+/m1/s1. The van der Waals surface area contributed by atoms with E-state index < -0.39 is 34.3 Å². The van der Waals surface area contributed by atoms with E-state index in [1.165, 1.54) is 59.5 Å². The molecule has 2 amide bonds. The summed E-state index contributed by atoms with van der Waals surface area (Å²) in [5.74, 6) is -1.45. The summed E-state index contributed by atoms with van der Waals surface area (Å²) in [7, 11) is -4.26. The van der Waals surface area contributed by atoms with Gasteiger partial charge in [0.15, 0.2) is 0 Å². The number of halogens is 3. The summed E-state index contributed by atoms with van der Waals surface area (Å²) in [6.07, 6.45) is 0.953. The molecule has 3 aromatic rings. The monoisotopic (exact) mass is 607 g/mol. The molecule has 2 atom stereocenters. The van der Waals surface area contributed by atoms with Gasteiger partial charge < -0.3 is 10.2 Å². The lowest BCUT2D eigenvalue weighted by Crippen LogP contribution is -2.53. The van der Waals surface area contributed by atoms with Gasteiger partial charge in [0.2, 0.25) is 11.8 Å². The maximum Gasteiger partial charge on any atom is 0.264 e. The zero-order valence-corrected chi connectivity index (χ0v) is 24.8. The number of rotatable bonds is 12. The molecule has 0 spiro atoms. The van der Waals surface area contributed by atoms with Gasteiger partial charge in [0, 0.05) is 17.6 Å². The van der Waals surface area contributed by atoms with Crippen molar-refractivity contribution in [2.24, 2.45) is 0 Å². The average Bonchev–Trinajstić information content (AvgIpc) is 2.93. The predicted molar refractivity (Wildman–Crippen MR) is 156 cm³/mol. The van der Waals surface area contributed by atoms with Crippen LogP contribution in [-0.2, 0) is 26.2 Å². The van der Waals surface area contributed by atoms with Crippen molar-refractivity contribution in [1.29, 1.82) is 0 Å². The van der Waals surface area contributed by atoms with Crippen LogP contribution in [0.2, 0.25) is 10.0 Å². The highest BCUT2D eigenvalue weighted by molar-refractivity contribution is 7.92. The quantitative estimate of drug-likeness (QED) is 0.271. The Morgan fingerprint density at radius 1 is 0.950 bits per heavy atom. The molecule has 0 radical (unpaired) electrons. The summed E-state index contributed by atoms with van der Waals surface area (Å²) in [6.45, 7) is 4.86. The Kier molecular flexibility index (Phi) is 11.0. The Labute approximate surface area is 244 Å². The molecule has 0 fully saturated rings. The topological polar surface area (TPSA) is 86.8 Å². The molecule has 0 bridgehead atoms. The van der Waals surface area contributed by atoms with Crippen LogP contribution in [0.25, 0.3) is 0 Å². The number of hydrogen-bond acceptors (Lipinski definition) is 4. The zero-order chi connectivity index (χ0) is 29.4. The molecule has 0 saturated carbocycles. The number of nitrogens with zero attached hydrogens (tertiary/aromatic N) is 2. The van der Waals surface area contributed by atoms with Crippen LogP contribution in [0, 0.1) is 5.82 Å². The Morgan fingerprint density at radius 3 is 2.17 bits per heavy atom. The minimum atomic E-state index is -4.26. The lowest BCUT2D eigenvalue weighted by Gasteiger charge is -2.34. The Balaban J connectivity index is 2.07. The van der Waals surface area contributed by atoms with Gasteiger partial charge in [-0.25, -0.2) is 12.8 Å². The van der Waals surface area contributed by atoms with Crippen LogP contribution in [-0.4, -0.2) is 43.8 Å². The molecular formula is C29H32Cl2FN3O4S. The molecule has 0 aliphatic heterocycles. The van der Waals surface area contributed by atoms with Gasteiger partial charge in [-0.2, -0.15) is 0 Å². The lowest BCUT2D eigenvalue weighted by atomic mass is 10.1. The van der Waals surface area contributed by atoms with E-state index in [1.54, 1.807) is 25.1 Å². The third-order valence-electron chi connectivity index (χ3n) is 6.44. The molecule has 0 unspecified atom stereocenters. The van der Waals surface area contributed by atoms with Crippen LogP contribution in [0.3, 0.4) is 0 Å². The number of sulfonamides is 1. The summed E-state index contributed by atoms with van der Waals surface area (Å²) in [5, 5.41) is 3.23. The van der Waals surface area contributed by atoms with Gasteiger partial charge in [-0.05, 0) is 67.8 Å². The van der Waals surface area contributed by atoms with Crippen molar-refractivity contribution in [3.8, 4) is 0 Å². The normalized spacial score (nSPS) is 12.8. The van der Waals surface area contributed by atoms with Crippen LogP contribution >= 0.6 is 23.2 Å². The first-order chi connectivity index (χ1) is 19.0. The summed E-state index contributed by atoms with van der Waals surface area (Å²) < 4.78 is 42.2. The molecule has 0 saturated heterocycles. The van der Waals surface area contributed by atoms with Gasteiger partial charge in [0.1, 0.15) is 18.4 Å². The van der Waals surface area contributed by atoms with E-state index in [0.717, 1.165) is 4.31 Å². The second-order valence-corrected chi connectivity index (χ2v) is 12.0. The molecule has 40 heavy (non-hydrogen) atoms. The lowest BCUT2D eigenvalue weighted by molar-refractivity contribution is -0.140. The first-order valence-electron chi connectivity index (χ1n) is 12.8. The highest BCUT2D eigenvalue weighted by Gasteiger charge is 2.34. The molecular weight excluding hydrogens is 576 g/mol. The summed E-state index contributed by atoms with van der Waals surface area (Å²) in [5.41, 5.74) is 0.633. The first kappa shape index (κ1) is 31.4. The third-order valence-corrected chi connectivity index (χ3v) is 8.75. The van der Waals surface area contributed by atoms with Crippen LogP contribution in [0.1, 0.15) is 39.2 Å². The highest BCUT2D eigenvalue weighted by atomic mass is 35.5. The smallest absolute Gasteiger partial charge is 0.264 e. The van der Waals surface area contributed by atoms with Crippen LogP contribution in [0.4, 0.5) is 10.1 Å². The van der Waals surface area contributed by atoms with E-state index in [4.69, 9.17) is 23.2 Å². The van der Waals surface area contributed by atoms with Crippen molar-refractivity contribution >= 4 is 50.7 Å². The minimum Gasteiger partial charge on any atom is -0.352 e. The molecule has 0 aliphatic carbocycles. The third kappa shape index (κ3) is 7.74. The maximum atomic E-state index is 14.0.